The van der Waals surface area contributed by atoms with E-state index in [0.29, 0.717) is 13.1 Å². The lowest BCUT2D eigenvalue weighted by atomic mass is 9.99. The molecule has 0 atom stereocenters. The van der Waals surface area contributed by atoms with Crippen LogP contribution < -0.4 is 5.73 Å². The molecule has 0 aliphatic carbocycles. The molecule has 1 aliphatic heterocycles. The summed E-state index contributed by atoms with van der Waals surface area (Å²) in [5.41, 5.74) is 4.41. The summed E-state index contributed by atoms with van der Waals surface area (Å²) < 4.78 is 26.9. The Morgan fingerprint density at radius 2 is 2.12 bits per heavy atom. The van der Waals surface area contributed by atoms with Gasteiger partial charge in [0, 0.05) is 25.6 Å². The van der Waals surface area contributed by atoms with Gasteiger partial charge in [0.1, 0.15) is 11.4 Å². The maximum Gasteiger partial charge on any atom is 0.259 e. The molecule has 1 aromatic rings. The molecule has 92 valence electrons. The van der Waals surface area contributed by atoms with Gasteiger partial charge in [-0.3, -0.25) is 4.79 Å². The summed E-state index contributed by atoms with van der Waals surface area (Å²) in [6.07, 6.45) is 0. The molecule has 4 nitrogen and oxygen atoms in total. The van der Waals surface area contributed by atoms with E-state index in [1.54, 1.807) is 0 Å². The third-order valence-electron chi connectivity index (χ3n) is 2.84. The van der Waals surface area contributed by atoms with Crippen LogP contribution in [-0.4, -0.2) is 35.6 Å². The van der Waals surface area contributed by atoms with Crippen LogP contribution in [0.1, 0.15) is 10.4 Å². The first-order valence-electron chi connectivity index (χ1n) is 5.18. The summed E-state index contributed by atoms with van der Waals surface area (Å²) in [6.45, 7) is 0.581. The number of nitrogen functional groups attached to an aromatic ring is 1. The van der Waals surface area contributed by atoms with Crippen molar-refractivity contribution in [3.63, 3.8) is 0 Å². The number of hydrogen-bond acceptors (Lipinski definition) is 3. The minimum Gasteiger partial charge on any atom is -0.396 e. The number of nitrogens with two attached hydrogens (primary N) is 1. The molecule has 3 N–H and O–H groups in total. The van der Waals surface area contributed by atoms with E-state index in [9.17, 15) is 13.6 Å². The van der Waals surface area contributed by atoms with Crippen molar-refractivity contribution in [1.82, 2.24) is 4.90 Å². The van der Waals surface area contributed by atoms with Crippen molar-refractivity contribution < 1.29 is 18.7 Å². The molecular weight excluding hydrogens is 230 g/mol. The van der Waals surface area contributed by atoms with Crippen LogP contribution in [0.25, 0.3) is 0 Å². The number of benzene rings is 1. The molecule has 0 aromatic heterocycles. The summed E-state index contributed by atoms with van der Waals surface area (Å²) in [5.74, 6) is -2.68. The molecule has 1 saturated heterocycles. The number of carbonyl (C=O) groups excluding carboxylic acids is 1. The van der Waals surface area contributed by atoms with Gasteiger partial charge in [-0.25, -0.2) is 8.78 Å². The summed E-state index contributed by atoms with van der Waals surface area (Å²) in [5, 5.41) is 8.80. The highest BCUT2D eigenvalue weighted by Crippen LogP contribution is 2.24. The highest BCUT2D eigenvalue weighted by Gasteiger charge is 2.33. The normalized spacial score (nSPS) is 15.8. The van der Waals surface area contributed by atoms with Gasteiger partial charge in [0.15, 0.2) is 5.82 Å². The van der Waals surface area contributed by atoms with E-state index in [-0.39, 0.29) is 18.2 Å². The van der Waals surface area contributed by atoms with Gasteiger partial charge in [0.25, 0.3) is 5.91 Å². The maximum atomic E-state index is 13.6. The first-order chi connectivity index (χ1) is 8.04. The van der Waals surface area contributed by atoms with E-state index < -0.39 is 23.1 Å². The lowest BCUT2D eigenvalue weighted by molar-refractivity contribution is 0.0353. The summed E-state index contributed by atoms with van der Waals surface area (Å²) in [6, 6.07) is 2.04. The molecule has 0 unspecified atom stereocenters. The second-order valence-electron chi connectivity index (χ2n) is 4.08. The number of carbonyl (C=O) groups is 1. The molecule has 6 heteroatoms. The van der Waals surface area contributed by atoms with Gasteiger partial charge in [0.2, 0.25) is 0 Å². The van der Waals surface area contributed by atoms with Gasteiger partial charge in [-0.1, -0.05) is 0 Å². The number of likely N-dealkylation sites (tertiary alicyclic amines) is 1. The molecule has 1 heterocycles. The maximum absolute atomic E-state index is 13.6. The van der Waals surface area contributed by atoms with Crippen LogP contribution in [0.15, 0.2) is 12.1 Å². The highest BCUT2D eigenvalue weighted by atomic mass is 19.1. The predicted molar refractivity (Wildman–Crippen MR) is 57.2 cm³/mol. The van der Waals surface area contributed by atoms with Gasteiger partial charge < -0.3 is 15.7 Å². The zero-order valence-corrected chi connectivity index (χ0v) is 8.99. The molecule has 0 bridgehead atoms. The quantitative estimate of drug-likeness (QED) is 0.747. The third-order valence-corrected chi connectivity index (χ3v) is 2.84. The van der Waals surface area contributed by atoms with Crippen molar-refractivity contribution in [3.8, 4) is 0 Å². The molecule has 1 aromatic carbocycles. The molecule has 1 aliphatic rings. The number of anilines is 1. The lowest BCUT2D eigenvalue weighted by Gasteiger charge is -2.38. The Kier molecular flexibility index (Phi) is 2.97. The number of nitrogens with zero attached hydrogens (tertiary/aromatic N) is 1. The SMILES string of the molecule is Nc1ccc(F)c(C(=O)N2CC(CO)C2)c1F. The number of hydrogen-bond donors (Lipinski definition) is 2. The highest BCUT2D eigenvalue weighted by molar-refractivity contribution is 5.96. The standard InChI is InChI=1S/C11H12F2N2O2/c12-7-1-2-8(14)10(13)9(7)11(17)15-3-6(4-15)5-16/h1-2,6,16H,3-5,14H2. The molecule has 2 rings (SSSR count). The zero-order chi connectivity index (χ0) is 12.6. The molecule has 0 saturated carbocycles. The van der Waals surface area contributed by atoms with E-state index >= 15 is 0 Å². The molecule has 1 amide bonds. The van der Waals surface area contributed by atoms with Crippen molar-refractivity contribution in [2.24, 2.45) is 5.92 Å². The van der Waals surface area contributed by atoms with E-state index in [2.05, 4.69) is 0 Å². The Morgan fingerprint density at radius 1 is 1.47 bits per heavy atom. The van der Waals surface area contributed by atoms with Gasteiger partial charge in [-0.2, -0.15) is 0 Å². The Balaban J connectivity index is 2.23. The molecule has 0 spiro atoms. The topological polar surface area (TPSA) is 66.6 Å². The minimum absolute atomic E-state index is 0.00821. The fraction of sp³-hybridized carbons (Fsp3) is 0.364. The number of aliphatic hydroxyl groups excluding tert-OH is 1. The smallest absolute Gasteiger partial charge is 0.259 e. The first-order valence-corrected chi connectivity index (χ1v) is 5.18. The Hall–Kier alpha value is -1.69. The van der Waals surface area contributed by atoms with Crippen LogP contribution in [0.2, 0.25) is 0 Å². The number of aliphatic hydroxyl groups is 1. The fourth-order valence-electron chi connectivity index (χ4n) is 1.77. The Bertz CT molecular complexity index is 459. The van der Waals surface area contributed by atoms with Gasteiger partial charge in [-0.05, 0) is 12.1 Å². The van der Waals surface area contributed by atoms with Crippen LogP contribution in [0.4, 0.5) is 14.5 Å². The van der Waals surface area contributed by atoms with Gasteiger partial charge >= 0.3 is 0 Å². The summed E-state index contributed by atoms with van der Waals surface area (Å²) in [4.78, 5) is 13.1. The van der Waals surface area contributed by atoms with Crippen LogP contribution in [0, 0.1) is 17.6 Å². The summed E-state index contributed by atoms with van der Waals surface area (Å²) in [7, 11) is 0. The van der Waals surface area contributed by atoms with Crippen LogP contribution in [0.3, 0.4) is 0 Å². The molecule has 1 fully saturated rings. The molecule has 0 radical (unpaired) electrons. The van der Waals surface area contributed by atoms with Gasteiger partial charge in [0.05, 0.1) is 5.69 Å². The molecule has 17 heavy (non-hydrogen) atoms. The van der Waals surface area contributed by atoms with E-state index in [1.807, 2.05) is 0 Å². The third kappa shape index (κ3) is 1.95. The average molecular weight is 242 g/mol. The van der Waals surface area contributed by atoms with E-state index in [0.717, 1.165) is 12.1 Å². The van der Waals surface area contributed by atoms with E-state index in [4.69, 9.17) is 10.8 Å². The van der Waals surface area contributed by atoms with Crippen molar-refractivity contribution in [2.45, 2.75) is 0 Å². The number of amides is 1. The van der Waals surface area contributed by atoms with E-state index in [1.165, 1.54) is 4.90 Å². The van der Waals surface area contributed by atoms with Crippen molar-refractivity contribution in [3.05, 3.63) is 29.3 Å². The Morgan fingerprint density at radius 3 is 2.71 bits per heavy atom. The number of halogens is 2. The average Bonchev–Trinajstić information content (AvgIpc) is 2.23. The number of rotatable bonds is 2. The second-order valence-corrected chi connectivity index (χ2v) is 4.08. The monoisotopic (exact) mass is 242 g/mol. The molecular formula is C11H12F2N2O2. The van der Waals surface area contributed by atoms with Crippen molar-refractivity contribution in [1.29, 1.82) is 0 Å². The lowest BCUT2D eigenvalue weighted by Crippen LogP contribution is -2.51. The zero-order valence-electron chi connectivity index (χ0n) is 8.99. The summed E-state index contributed by atoms with van der Waals surface area (Å²) >= 11 is 0. The largest absolute Gasteiger partial charge is 0.396 e. The second kappa shape index (κ2) is 4.29. The van der Waals surface area contributed by atoms with Crippen LogP contribution >= 0.6 is 0 Å². The fourth-order valence-corrected chi connectivity index (χ4v) is 1.77. The van der Waals surface area contributed by atoms with Gasteiger partial charge in [-0.15, -0.1) is 0 Å². The van der Waals surface area contributed by atoms with Crippen LogP contribution in [-0.2, 0) is 0 Å². The van der Waals surface area contributed by atoms with Crippen molar-refractivity contribution in [2.75, 3.05) is 25.4 Å². The Labute approximate surface area is 96.6 Å². The first kappa shape index (κ1) is 11.8. The van der Waals surface area contributed by atoms with Crippen molar-refractivity contribution >= 4 is 11.6 Å². The minimum atomic E-state index is -1.03. The van der Waals surface area contributed by atoms with Crippen LogP contribution in [0.5, 0.6) is 0 Å². The predicted octanol–water partition coefficient (Wildman–Crippen LogP) is 0.611.